The summed E-state index contributed by atoms with van der Waals surface area (Å²) < 4.78 is 5.89. The quantitative estimate of drug-likeness (QED) is 0.752. The molecule has 0 atom stereocenters. The van der Waals surface area contributed by atoms with Crippen molar-refractivity contribution < 1.29 is 9.53 Å². The van der Waals surface area contributed by atoms with Crippen LogP contribution in [-0.4, -0.2) is 22.9 Å². The molecule has 0 aliphatic rings. The van der Waals surface area contributed by atoms with Gasteiger partial charge in [-0.25, -0.2) is 4.79 Å². The predicted molar refractivity (Wildman–Crippen MR) is 61.4 cm³/mol. The molecule has 17 heavy (non-hydrogen) atoms. The first-order chi connectivity index (χ1) is 8.19. The highest BCUT2D eigenvalue weighted by Gasteiger charge is 2.10. The third-order valence-corrected chi connectivity index (χ3v) is 2.45. The van der Waals surface area contributed by atoms with Crippen LogP contribution in [0.2, 0.25) is 0 Å². The maximum atomic E-state index is 12.0. The predicted octanol–water partition coefficient (Wildman–Crippen LogP) is -0.103. The fourth-order valence-electron chi connectivity index (χ4n) is 1.68. The Hall–Kier alpha value is -2.37. The summed E-state index contributed by atoms with van der Waals surface area (Å²) in [4.78, 5) is 36.5. The van der Waals surface area contributed by atoms with E-state index in [9.17, 15) is 14.4 Å². The smallest absolute Gasteiger partial charge is 0.329 e. The van der Waals surface area contributed by atoms with Crippen molar-refractivity contribution in [3.8, 4) is 5.75 Å². The average molecular weight is 234 g/mol. The summed E-state index contributed by atoms with van der Waals surface area (Å²) in [6.45, 7) is -0.276. The first-order valence-corrected chi connectivity index (χ1v) is 4.92. The number of aromatic amines is 1. The average Bonchev–Trinajstić information content (AvgIpc) is 2.33. The molecule has 6 heteroatoms. The number of methoxy groups -OCH3 is 1. The highest BCUT2D eigenvalue weighted by Crippen LogP contribution is 2.18. The molecule has 0 aliphatic heterocycles. The van der Waals surface area contributed by atoms with Gasteiger partial charge < -0.3 is 14.5 Å². The number of carbonyl (C=O) groups is 1. The molecule has 0 bridgehead atoms. The van der Waals surface area contributed by atoms with E-state index in [-0.39, 0.29) is 11.9 Å². The van der Waals surface area contributed by atoms with Gasteiger partial charge in [0.1, 0.15) is 17.4 Å². The highest BCUT2D eigenvalue weighted by molar-refractivity contribution is 5.84. The van der Waals surface area contributed by atoms with Crippen LogP contribution in [0, 0.1) is 0 Å². The summed E-state index contributed by atoms with van der Waals surface area (Å²) in [5.74, 6) is 0.364. The summed E-state index contributed by atoms with van der Waals surface area (Å²) in [6.07, 6.45) is 0.498. The number of fused-ring (bicyclic) bond motifs is 1. The SMILES string of the molecule is COc1cccc2[nH]c(=O)n(CC=O)c(=O)c12. The molecule has 88 valence electrons. The number of hydrogen-bond acceptors (Lipinski definition) is 4. The monoisotopic (exact) mass is 234 g/mol. The van der Waals surface area contributed by atoms with Gasteiger partial charge in [0.2, 0.25) is 0 Å². The van der Waals surface area contributed by atoms with Crippen LogP contribution < -0.4 is 16.0 Å². The lowest BCUT2D eigenvalue weighted by atomic mass is 10.2. The molecule has 1 N–H and O–H groups in total. The van der Waals surface area contributed by atoms with E-state index in [0.717, 1.165) is 4.57 Å². The number of ether oxygens (including phenoxy) is 1. The standard InChI is InChI=1S/C11H10N2O4/c1-17-8-4-2-3-7-9(8)10(15)13(5-6-14)11(16)12-7/h2-4,6H,5H2,1H3,(H,12,16). The Kier molecular flexibility index (Phi) is 2.78. The van der Waals surface area contributed by atoms with E-state index in [4.69, 9.17) is 4.74 Å². The summed E-state index contributed by atoms with van der Waals surface area (Å²) in [7, 11) is 1.43. The topological polar surface area (TPSA) is 81.2 Å². The van der Waals surface area contributed by atoms with Crippen LogP contribution in [0.5, 0.6) is 5.75 Å². The second-order valence-electron chi connectivity index (χ2n) is 3.40. The van der Waals surface area contributed by atoms with Gasteiger partial charge in [-0.1, -0.05) is 6.07 Å². The Morgan fingerprint density at radius 2 is 2.18 bits per heavy atom. The van der Waals surface area contributed by atoms with E-state index in [0.29, 0.717) is 17.6 Å². The number of aromatic nitrogens is 2. The highest BCUT2D eigenvalue weighted by atomic mass is 16.5. The third kappa shape index (κ3) is 1.73. The van der Waals surface area contributed by atoms with Crippen molar-refractivity contribution in [2.75, 3.05) is 7.11 Å². The van der Waals surface area contributed by atoms with E-state index < -0.39 is 11.2 Å². The van der Waals surface area contributed by atoms with Crippen molar-refractivity contribution in [3.63, 3.8) is 0 Å². The van der Waals surface area contributed by atoms with Crippen LogP contribution in [0.4, 0.5) is 0 Å². The molecule has 1 aromatic carbocycles. The fourth-order valence-corrected chi connectivity index (χ4v) is 1.68. The minimum atomic E-state index is -0.608. The number of aldehydes is 1. The normalized spacial score (nSPS) is 10.4. The number of hydrogen-bond donors (Lipinski definition) is 1. The van der Waals surface area contributed by atoms with E-state index in [1.54, 1.807) is 18.2 Å². The number of nitrogens with one attached hydrogen (secondary N) is 1. The first-order valence-electron chi connectivity index (χ1n) is 4.92. The lowest BCUT2D eigenvalue weighted by Crippen LogP contribution is -2.35. The molecule has 2 rings (SSSR count). The fraction of sp³-hybridized carbons (Fsp3) is 0.182. The van der Waals surface area contributed by atoms with Crippen LogP contribution in [0.3, 0.4) is 0 Å². The molecular weight excluding hydrogens is 224 g/mol. The van der Waals surface area contributed by atoms with Gasteiger partial charge in [-0.3, -0.25) is 9.36 Å². The Morgan fingerprint density at radius 3 is 2.82 bits per heavy atom. The zero-order valence-corrected chi connectivity index (χ0v) is 9.10. The Labute approximate surface area is 95.5 Å². The third-order valence-electron chi connectivity index (χ3n) is 2.45. The number of nitrogens with zero attached hydrogens (tertiary/aromatic N) is 1. The van der Waals surface area contributed by atoms with Gasteiger partial charge >= 0.3 is 5.69 Å². The molecule has 0 unspecified atom stereocenters. The van der Waals surface area contributed by atoms with E-state index in [1.807, 2.05) is 0 Å². The second kappa shape index (κ2) is 4.25. The number of rotatable bonds is 3. The van der Waals surface area contributed by atoms with Crippen LogP contribution in [-0.2, 0) is 11.3 Å². The molecule has 0 fully saturated rings. The lowest BCUT2D eigenvalue weighted by Gasteiger charge is -2.06. The summed E-state index contributed by atoms with van der Waals surface area (Å²) in [6, 6.07) is 4.89. The summed E-state index contributed by atoms with van der Waals surface area (Å²) in [5, 5.41) is 0.261. The molecule has 2 aromatic rings. The van der Waals surface area contributed by atoms with Gasteiger partial charge in [-0.2, -0.15) is 0 Å². The van der Waals surface area contributed by atoms with Crippen molar-refractivity contribution in [2.24, 2.45) is 0 Å². The summed E-state index contributed by atoms with van der Waals surface area (Å²) in [5.41, 5.74) is -0.752. The van der Waals surface area contributed by atoms with Gasteiger partial charge in [0.05, 0.1) is 19.2 Å². The molecule has 6 nitrogen and oxygen atoms in total. The van der Waals surface area contributed by atoms with Crippen molar-refractivity contribution >= 4 is 17.2 Å². The first kappa shape index (κ1) is 11.1. The zero-order chi connectivity index (χ0) is 12.4. The Morgan fingerprint density at radius 1 is 1.41 bits per heavy atom. The molecule has 1 aromatic heterocycles. The van der Waals surface area contributed by atoms with Crippen molar-refractivity contribution in [3.05, 3.63) is 39.0 Å². The summed E-state index contributed by atoms with van der Waals surface area (Å²) >= 11 is 0. The Balaban J connectivity index is 2.94. The second-order valence-corrected chi connectivity index (χ2v) is 3.40. The van der Waals surface area contributed by atoms with Crippen LogP contribution in [0.15, 0.2) is 27.8 Å². The van der Waals surface area contributed by atoms with Crippen LogP contribution >= 0.6 is 0 Å². The van der Waals surface area contributed by atoms with Gasteiger partial charge in [0.25, 0.3) is 5.56 Å². The van der Waals surface area contributed by atoms with E-state index >= 15 is 0 Å². The zero-order valence-electron chi connectivity index (χ0n) is 9.10. The molecule has 1 heterocycles. The van der Waals surface area contributed by atoms with Crippen LogP contribution in [0.1, 0.15) is 0 Å². The molecule has 0 aliphatic carbocycles. The molecule has 0 saturated carbocycles. The van der Waals surface area contributed by atoms with Gasteiger partial charge in [-0.05, 0) is 12.1 Å². The molecule has 0 amide bonds. The maximum absolute atomic E-state index is 12.0. The van der Waals surface area contributed by atoms with Gasteiger partial charge in [-0.15, -0.1) is 0 Å². The van der Waals surface area contributed by atoms with Gasteiger partial charge in [0.15, 0.2) is 0 Å². The lowest BCUT2D eigenvalue weighted by molar-refractivity contribution is -0.108. The minimum absolute atomic E-state index is 0.261. The molecular formula is C11H10N2O4. The Bertz CT molecular complexity index is 684. The van der Waals surface area contributed by atoms with Crippen molar-refractivity contribution in [1.82, 2.24) is 9.55 Å². The van der Waals surface area contributed by atoms with E-state index in [1.165, 1.54) is 7.11 Å². The minimum Gasteiger partial charge on any atom is -0.496 e. The number of benzene rings is 1. The largest absolute Gasteiger partial charge is 0.496 e. The van der Waals surface area contributed by atoms with Crippen molar-refractivity contribution in [2.45, 2.75) is 6.54 Å². The molecule has 0 radical (unpaired) electrons. The number of H-pyrrole nitrogens is 1. The molecule has 0 saturated heterocycles. The number of carbonyl (C=O) groups excluding carboxylic acids is 1. The molecule has 0 spiro atoms. The maximum Gasteiger partial charge on any atom is 0.329 e. The van der Waals surface area contributed by atoms with E-state index in [2.05, 4.69) is 4.98 Å². The van der Waals surface area contributed by atoms with Gasteiger partial charge in [0, 0.05) is 0 Å². The van der Waals surface area contributed by atoms with Crippen molar-refractivity contribution in [1.29, 1.82) is 0 Å². The van der Waals surface area contributed by atoms with Crippen LogP contribution in [0.25, 0.3) is 10.9 Å².